The second-order valence-corrected chi connectivity index (χ2v) is 5.44. The number of benzene rings is 1. The van der Waals surface area contributed by atoms with Crippen molar-refractivity contribution in [3.05, 3.63) is 66.1 Å². The molecule has 2 aromatic heterocycles. The minimum Gasteiger partial charge on any atom is -0.361 e. The zero-order valence-electron chi connectivity index (χ0n) is 12.5. The molecule has 0 bridgehead atoms. The summed E-state index contributed by atoms with van der Waals surface area (Å²) >= 11 is 0. The summed E-state index contributed by atoms with van der Waals surface area (Å²) in [4.78, 5) is 16.5. The van der Waals surface area contributed by atoms with Crippen molar-refractivity contribution in [2.45, 2.75) is 6.17 Å². The van der Waals surface area contributed by atoms with Gasteiger partial charge in [0, 0.05) is 42.5 Å². The fourth-order valence-electron chi connectivity index (χ4n) is 2.81. The number of nitrogens with zero attached hydrogens (tertiary/aromatic N) is 3. The lowest BCUT2D eigenvalue weighted by Gasteiger charge is -2.27. The fourth-order valence-corrected chi connectivity index (χ4v) is 2.81. The van der Waals surface area contributed by atoms with Crippen molar-refractivity contribution >= 4 is 11.6 Å². The van der Waals surface area contributed by atoms with Crippen molar-refractivity contribution in [1.29, 1.82) is 0 Å². The number of nitrogens with one attached hydrogen (secondary N) is 2. The molecule has 0 spiro atoms. The quantitative estimate of drug-likeness (QED) is 0.762. The highest BCUT2D eigenvalue weighted by Gasteiger charge is 2.27. The molecule has 3 heterocycles. The third-order valence-electron chi connectivity index (χ3n) is 3.85. The van der Waals surface area contributed by atoms with Crippen LogP contribution in [0.1, 0.15) is 22.1 Å². The smallest absolute Gasteiger partial charge is 0.255 e. The van der Waals surface area contributed by atoms with Crippen LogP contribution in [0.15, 0.2) is 55.0 Å². The fraction of sp³-hybridized carbons (Fsp3) is 0.118. The summed E-state index contributed by atoms with van der Waals surface area (Å²) in [6.07, 6.45) is 5.07. The molecule has 1 aliphatic heterocycles. The Morgan fingerprint density at radius 3 is 2.83 bits per heavy atom. The molecule has 6 nitrogen and oxygen atoms in total. The highest BCUT2D eigenvalue weighted by atomic mass is 16.2. The molecule has 0 saturated carbocycles. The number of fused-ring (bicyclic) bond motifs is 1. The van der Waals surface area contributed by atoms with Crippen LogP contribution in [0.5, 0.6) is 0 Å². The largest absolute Gasteiger partial charge is 0.361 e. The molecule has 6 heteroatoms. The van der Waals surface area contributed by atoms with Crippen molar-refractivity contribution in [3.8, 4) is 11.3 Å². The zero-order chi connectivity index (χ0) is 15.8. The van der Waals surface area contributed by atoms with E-state index in [0.29, 0.717) is 5.56 Å². The van der Waals surface area contributed by atoms with Crippen LogP contribution in [-0.4, -0.2) is 20.7 Å². The Bertz CT molecular complexity index is 872. The van der Waals surface area contributed by atoms with Crippen LogP contribution in [-0.2, 0) is 7.05 Å². The molecule has 0 saturated heterocycles. The van der Waals surface area contributed by atoms with Crippen LogP contribution in [0.3, 0.4) is 0 Å². The summed E-state index contributed by atoms with van der Waals surface area (Å²) in [7, 11) is 1.86. The summed E-state index contributed by atoms with van der Waals surface area (Å²) < 4.78 is 1.74. The maximum atomic E-state index is 12.3. The van der Waals surface area contributed by atoms with E-state index in [9.17, 15) is 4.79 Å². The highest BCUT2D eigenvalue weighted by Crippen LogP contribution is 2.31. The molecular formula is C17H15N5O. The van der Waals surface area contributed by atoms with E-state index in [1.54, 1.807) is 23.1 Å². The molecule has 1 atom stereocenters. The lowest BCUT2D eigenvalue weighted by molar-refractivity contribution is 0.0936. The minimum atomic E-state index is -0.332. The number of hydrogen-bond donors (Lipinski definition) is 2. The molecule has 1 aromatic carbocycles. The van der Waals surface area contributed by atoms with E-state index in [1.165, 1.54) is 0 Å². The van der Waals surface area contributed by atoms with Gasteiger partial charge in [-0.1, -0.05) is 12.1 Å². The lowest BCUT2D eigenvalue weighted by Crippen LogP contribution is -2.38. The summed E-state index contributed by atoms with van der Waals surface area (Å²) in [5, 5.41) is 10.9. The van der Waals surface area contributed by atoms with Gasteiger partial charge in [0.15, 0.2) is 0 Å². The Kier molecular flexibility index (Phi) is 3.08. The molecule has 1 amide bonds. The second kappa shape index (κ2) is 5.24. The Labute approximate surface area is 133 Å². The van der Waals surface area contributed by atoms with E-state index >= 15 is 0 Å². The molecule has 114 valence electrons. The molecule has 3 aromatic rings. The van der Waals surface area contributed by atoms with Crippen molar-refractivity contribution in [2.75, 3.05) is 5.32 Å². The Morgan fingerprint density at radius 1 is 1.13 bits per heavy atom. The van der Waals surface area contributed by atoms with Gasteiger partial charge < -0.3 is 10.6 Å². The predicted octanol–water partition coefficient (Wildman–Crippen LogP) is 2.34. The Hall–Kier alpha value is -3.15. The minimum absolute atomic E-state index is 0.0923. The van der Waals surface area contributed by atoms with Gasteiger partial charge in [0.05, 0.1) is 5.56 Å². The van der Waals surface area contributed by atoms with Gasteiger partial charge >= 0.3 is 0 Å². The number of aromatic nitrogens is 3. The summed E-state index contributed by atoms with van der Waals surface area (Å²) in [6.45, 7) is 0. The van der Waals surface area contributed by atoms with Gasteiger partial charge in [0.2, 0.25) is 0 Å². The summed E-state index contributed by atoms with van der Waals surface area (Å²) in [5.74, 6) is -0.0923. The molecule has 0 radical (unpaired) electrons. The van der Waals surface area contributed by atoms with Gasteiger partial charge in [-0.2, -0.15) is 5.10 Å². The SMILES string of the molecule is Cn1cc([C@@H]2NC(=O)c3ccccc3N2)c(-c2cccnc2)n1. The van der Waals surface area contributed by atoms with Gasteiger partial charge in [0.25, 0.3) is 5.91 Å². The van der Waals surface area contributed by atoms with Crippen LogP contribution in [0, 0.1) is 0 Å². The number of carbonyl (C=O) groups excluding carboxylic acids is 1. The molecule has 2 N–H and O–H groups in total. The zero-order valence-corrected chi connectivity index (χ0v) is 12.5. The number of aryl methyl sites for hydroxylation is 1. The number of hydrogen-bond acceptors (Lipinski definition) is 4. The first-order chi connectivity index (χ1) is 11.2. The first kappa shape index (κ1) is 13.5. The first-order valence-electron chi connectivity index (χ1n) is 7.33. The third-order valence-corrected chi connectivity index (χ3v) is 3.85. The molecule has 0 aliphatic carbocycles. The molecule has 0 unspecified atom stereocenters. The van der Waals surface area contributed by atoms with Crippen LogP contribution >= 0.6 is 0 Å². The molecule has 1 aliphatic rings. The van der Waals surface area contributed by atoms with Gasteiger partial charge in [-0.05, 0) is 24.3 Å². The molecule has 4 rings (SSSR count). The average molecular weight is 305 g/mol. The molecule has 23 heavy (non-hydrogen) atoms. The highest BCUT2D eigenvalue weighted by molar-refractivity contribution is 6.01. The lowest BCUT2D eigenvalue weighted by atomic mass is 10.0. The number of rotatable bonds is 2. The average Bonchev–Trinajstić information content (AvgIpc) is 2.98. The van der Waals surface area contributed by atoms with Gasteiger partial charge in [-0.25, -0.2) is 0 Å². The van der Waals surface area contributed by atoms with E-state index in [2.05, 4.69) is 20.7 Å². The summed E-state index contributed by atoms with van der Waals surface area (Å²) in [5.41, 5.74) is 4.09. The number of amides is 1. The number of anilines is 1. The Balaban J connectivity index is 1.77. The number of para-hydroxylation sites is 1. The van der Waals surface area contributed by atoms with Crippen molar-refractivity contribution in [1.82, 2.24) is 20.1 Å². The van der Waals surface area contributed by atoms with Crippen LogP contribution in [0.2, 0.25) is 0 Å². The van der Waals surface area contributed by atoms with E-state index in [0.717, 1.165) is 22.5 Å². The molecule has 0 fully saturated rings. The van der Waals surface area contributed by atoms with Gasteiger partial charge in [-0.3, -0.25) is 14.5 Å². The van der Waals surface area contributed by atoms with Crippen LogP contribution < -0.4 is 10.6 Å². The van der Waals surface area contributed by atoms with E-state index < -0.39 is 0 Å². The third kappa shape index (κ3) is 2.34. The monoisotopic (exact) mass is 305 g/mol. The standard InChI is InChI=1S/C17H15N5O/c1-22-10-13(15(21-22)11-5-4-8-18-9-11)16-19-14-7-3-2-6-12(14)17(23)20-16/h2-10,16,19H,1H3,(H,20,23)/t16-/m0/s1. The van der Waals surface area contributed by atoms with Crippen LogP contribution in [0.4, 0.5) is 5.69 Å². The Morgan fingerprint density at radius 2 is 2.00 bits per heavy atom. The number of carbonyl (C=O) groups is 1. The number of pyridine rings is 1. The first-order valence-corrected chi connectivity index (χ1v) is 7.33. The van der Waals surface area contributed by atoms with Crippen molar-refractivity contribution in [2.24, 2.45) is 7.05 Å². The van der Waals surface area contributed by atoms with Gasteiger partial charge in [-0.15, -0.1) is 0 Å². The van der Waals surface area contributed by atoms with Crippen molar-refractivity contribution < 1.29 is 4.79 Å². The predicted molar refractivity (Wildman–Crippen MR) is 86.7 cm³/mol. The van der Waals surface area contributed by atoms with Crippen LogP contribution in [0.25, 0.3) is 11.3 Å². The van der Waals surface area contributed by atoms with E-state index in [-0.39, 0.29) is 12.1 Å². The normalized spacial score (nSPS) is 16.4. The second-order valence-electron chi connectivity index (χ2n) is 5.44. The van der Waals surface area contributed by atoms with Gasteiger partial charge in [0.1, 0.15) is 11.9 Å². The van der Waals surface area contributed by atoms with Crippen molar-refractivity contribution in [3.63, 3.8) is 0 Å². The summed E-state index contributed by atoms with van der Waals surface area (Å²) in [6, 6.07) is 11.3. The van der Waals surface area contributed by atoms with E-state index in [1.807, 2.05) is 43.6 Å². The maximum Gasteiger partial charge on any atom is 0.255 e. The molecular weight excluding hydrogens is 290 g/mol. The van der Waals surface area contributed by atoms with E-state index in [4.69, 9.17) is 0 Å². The maximum absolute atomic E-state index is 12.3. The topological polar surface area (TPSA) is 71.8 Å².